The zero-order valence-electron chi connectivity index (χ0n) is 10.4. The van der Waals surface area contributed by atoms with Crippen LogP contribution >= 0.6 is 0 Å². The zero-order chi connectivity index (χ0) is 11.2. The van der Waals surface area contributed by atoms with E-state index in [-0.39, 0.29) is 5.79 Å². The van der Waals surface area contributed by atoms with Gasteiger partial charge in [-0.1, -0.05) is 25.5 Å². The molecule has 3 rings (SSSR count). The molecule has 2 fully saturated rings. The van der Waals surface area contributed by atoms with Crippen LogP contribution in [0.2, 0.25) is 0 Å². The molecule has 0 N–H and O–H groups in total. The molecule has 1 aliphatic heterocycles. The minimum Gasteiger partial charge on any atom is -0.349 e. The summed E-state index contributed by atoms with van der Waals surface area (Å²) >= 11 is 0. The lowest BCUT2D eigenvalue weighted by Gasteiger charge is -2.52. The molecule has 0 aromatic rings. The van der Waals surface area contributed by atoms with Gasteiger partial charge in [0.05, 0.1) is 13.2 Å². The van der Waals surface area contributed by atoms with Gasteiger partial charge in [-0.05, 0) is 31.6 Å². The number of hydrogen-bond acceptors (Lipinski definition) is 2. The summed E-state index contributed by atoms with van der Waals surface area (Å²) in [6.45, 7) is 6.38. The first-order chi connectivity index (χ1) is 7.71. The van der Waals surface area contributed by atoms with E-state index in [1.165, 1.54) is 19.3 Å². The van der Waals surface area contributed by atoms with Gasteiger partial charge < -0.3 is 9.47 Å². The van der Waals surface area contributed by atoms with Crippen LogP contribution in [0.1, 0.15) is 39.5 Å². The van der Waals surface area contributed by atoms with Gasteiger partial charge in [-0.3, -0.25) is 0 Å². The summed E-state index contributed by atoms with van der Waals surface area (Å²) < 4.78 is 12.2. The van der Waals surface area contributed by atoms with Crippen molar-refractivity contribution >= 4 is 0 Å². The fourth-order valence-corrected chi connectivity index (χ4v) is 3.87. The smallest absolute Gasteiger partial charge is 0.174 e. The molecule has 2 bridgehead atoms. The minimum absolute atomic E-state index is 0.246. The van der Waals surface area contributed by atoms with Gasteiger partial charge in [0.25, 0.3) is 0 Å². The van der Waals surface area contributed by atoms with Gasteiger partial charge in [0.15, 0.2) is 5.79 Å². The van der Waals surface area contributed by atoms with E-state index in [0.717, 1.165) is 19.6 Å². The summed E-state index contributed by atoms with van der Waals surface area (Å²) in [5.41, 5.74) is 1.64. The Bertz CT molecular complexity index is 302. The highest BCUT2D eigenvalue weighted by molar-refractivity contribution is 5.17. The molecule has 2 nitrogen and oxygen atoms in total. The Balaban J connectivity index is 1.90. The van der Waals surface area contributed by atoms with Gasteiger partial charge in [0, 0.05) is 11.8 Å². The quantitative estimate of drug-likeness (QED) is 0.586. The molecule has 16 heavy (non-hydrogen) atoms. The third kappa shape index (κ3) is 1.54. The number of allylic oxidation sites excluding steroid dienone is 2. The normalized spacial score (nSPS) is 41.9. The maximum absolute atomic E-state index is 6.10. The number of fused-ring (bicyclic) bond motifs is 3. The molecule has 2 aliphatic carbocycles. The molecule has 0 radical (unpaired) electrons. The lowest BCUT2D eigenvalue weighted by atomic mass is 9.67. The molecular formula is C14H22O2. The monoisotopic (exact) mass is 222 g/mol. The first-order valence-corrected chi connectivity index (χ1v) is 6.68. The van der Waals surface area contributed by atoms with E-state index in [9.17, 15) is 0 Å². The number of ether oxygens (including phenoxy) is 2. The Morgan fingerprint density at radius 3 is 2.69 bits per heavy atom. The minimum atomic E-state index is -0.246. The fourth-order valence-electron chi connectivity index (χ4n) is 3.87. The van der Waals surface area contributed by atoms with E-state index in [0.29, 0.717) is 17.8 Å². The summed E-state index contributed by atoms with van der Waals surface area (Å²) in [4.78, 5) is 0. The van der Waals surface area contributed by atoms with Crippen LogP contribution in [-0.4, -0.2) is 19.0 Å². The molecule has 1 heterocycles. The molecule has 2 heteroatoms. The highest BCUT2D eigenvalue weighted by atomic mass is 16.7. The largest absolute Gasteiger partial charge is 0.349 e. The predicted molar refractivity (Wildman–Crippen MR) is 63.0 cm³/mol. The molecule has 1 saturated heterocycles. The van der Waals surface area contributed by atoms with Crippen molar-refractivity contribution in [1.29, 1.82) is 0 Å². The third-order valence-corrected chi connectivity index (χ3v) is 4.45. The fraction of sp³-hybridized carbons (Fsp3) is 0.857. The van der Waals surface area contributed by atoms with Crippen molar-refractivity contribution in [3.63, 3.8) is 0 Å². The van der Waals surface area contributed by atoms with Crippen LogP contribution in [0.4, 0.5) is 0 Å². The van der Waals surface area contributed by atoms with Crippen molar-refractivity contribution in [1.82, 2.24) is 0 Å². The van der Waals surface area contributed by atoms with Crippen molar-refractivity contribution in [3.8, 4) is 0 Å². The second-order valence-electron chi connectivity index (χ2n) is 5.82. The zero-order valence-corrected chi connectivity index (χ0v) is 10.4. The third-order valence-electron chi connectivity index (χ3n) is 4.45. The van der Waals surface area contributed by atoms with E-state index < -0.39 is 0 Å². The van der Waals surface area contributed by atoms with Crippen molar-refractivity contribution in [2.45, 2.75) is 45.3 Å². The van der Waals surface area contributed by atoms with E-state index in [4.69, 9.17) is 9.47 Å². The number of rotatable bonds is 0. The Labute approximate surface area is 98.0 Å². The first kappa shape index (κ1) is 10.8. The molecule has 3 aliphatic rings. The van der Waals surface area contributed by atoms with Gasteiger partial charge in [-0.15, -0.1) is 0 Å². The van der Waals surface area contributed by atoms with Crippen LogP contribution in [0.5, 0.6) is 0 Å². The molecule has 0 amide bonds. The average molecular weight is 222 g/mol. The maximum Gasteiger partial charge on any atom is 0.174 e. The molecule has 0 aromatic heterocycles. The van der Waals surface area contributed by atoms with E-state index in [1.807, 2.05) is 0 Å². The van der Waals surface area contributed by atoms with E-state index in [2.05, 4.69) is 19.9 Å². The molecule has 1 spiro atoms. The highest BCUT2D eigenvalue weighted by Crippen LogP contribution is 2.50. The molecular weight excluding hydrogens is 200 g/mol. The summed E-state index contributed by atoms with van der Waals surface area (Å²) in [6, 6.07) is 0. The summed E-state index contributed by atoms with van der Waals surface area (Å²) in [6.07, 6.45) is 7.13. The summed E-state index contributed by atoms with van der Waals surface area (Å²) in [5, 5.41) is 0. The SMILES string of the molecule is CC1C=C2CC(C)C3(OCCCO3)C(C2)C1. The van der Waals surface area contributed by atoms with Crippen LogP contribution in [0.25, 0.3) is 0 Å². The second-order valence-corrected chi connectivity index (χ2v) is 5.82. The van der Waals surface area contributed by atoms with E-state index in [1.54, 1.807) is 5.57 Å². The Kier molecular flexibility index (Phi) is 2.60. The van der Waals surface area contributed by atoms with Gasteiger partial charge >= 0.3 is 0 Å². The molecule has 0 aromatic carbocycles. The number of hydrogen-bond donors (Lipinski definition) is 0. The summed E-state index contributed by atoms with van der Waals surface area (Å²) in [5.74, 6) is 1.56. The van der Waals surface area contributed by atoms with Crippen LogP contribution in [0.15, 0.2) is 11.6 Å². The van der Waals surface area contributed by atoms with Crippen molar-refractivity contribution in [2.75, 3.05) is 13.2 Å². The van der Waals surface area contributed by atoms with Crippen LogP contribution in [-0.2, 0) is 9.47 Å². The Hall–Kier alpha value is -0.340. The topological polar surface area (TPSA) is 18.5 Å². The molecule has 90 valence electrons. The van der Waals surface area contributed by atoms with Crippen molar-refractivity contribution in [3.05, 3.63) is 11.6 Å². The van der Waals surface area contributed by atoms with Gasteiger partial charge in [-0.2, -0.15) is 0 Å². The summed E-state index contributed by atoms with van der Waals surface area (Å²) in [7, 11) is 0. The lowest BCUT2D eigenvalue weighted by Crippen LogP contribution is -2.55. The van der Waals surface area contributed by atoms with Gasteiger partial charge in [0.1, 0.15) is 0 Å². The van der Waals surface area contributed by atoms with Crippen LogP contribution in [0.3, 0.4) is 0 Å². The van der Waals surface area contributed by atoms with Crippen LogP contribution in [0, 0.1) is 17.8 Å². The average Bonchev–Trinajstić information content (AvgIpc) is 2.27. The van der Waals surface area contributed by atoms with Crippen molar-refractivity contribution < 1.29 is 9.47 Å². The van der Waals surface area contributed by atoms with Crippen molar-refractivity contribution in [2.24, 2.45) is 17.8 Å². The standard InChI is InChI=1S/C14H22O2/c1-10-6-12-8-11(2)14(13(7-10)9-12)15-4-3-5-16-14/h6,10-11,13H,3-5,7-9H2,1-2H3. The second kappa shape index (κ2) is 3.85. The first-order valence-electron chi connectivity index (χ1n) is 6.68. The Morgan fingerprint density at radius 1 is 1.19 bits per heavy atom. The van der Waals surface area contributed by atoms with E-state index >= 15 is 0 Å². The Morgan fingerprint density at radius 2 is 1.94 bits per heavy atom. The predicted octanol–water partition coefficient (Wildman–Crippen LogP) is 3.13. The van der Waals surface area contributed by atoms with Gasteiger partial charge in [-0.25, -0.2) is 0 Å². The van der Waals surface area contributed by atoms with Gasteiger partial charge in [0.2, 0.25) is 0 Å². The molecule has 1 saturated carbocycles. The molecule has 3 unspecified atom stereocenters. The molecule has 3 atom stereocenters. The lowest BCUT2D eigenvalue weighted by molar-refractivity contribution is -0.326. The maximum atomic E-state index is 6.10. The highest BCUT2D eigenvalue weighted by Gasteiger charge is 2.51. The van der Waals surface area contributed by atoms with Crippen LogP contribution < -0.4 is 0 Å².